The van der Waals surface area contributed by atoms with Crippen LogP contribution in [0, 0.1) is 11.3 Å². The van der Waals surface area contributed by atoms with E-state index in [4.69, 9.17) is 5.26 Å². The van der Waals surface area contributed by atoms with Gasteiger partial charge in [0.25, 0.3) is 5.91 Å². The van der Waals surface area contributed by atoms with Gasteiger partial charge in [-0.25, -0.2) is 0 Å². The number of anilines is 2. The number of carbonyl (C=O) groups is 1. The Hall–Kier alpha value is -2.81. The van der Waals surface area contributed by atoms with Gasteiger partial charge in [-0.1, -0.05) is 25.1 Å². The molecule has 0 aliphatic rings. The first-order valence-corrected chi connectivity index (χ1v) is 6.77. The van der Waals surface area contributed by atoms with Crippen LogP contribution in [0.25, 0.3) is 0 Å². The zero-order valence-electron chi connectivity index (χ0n) is 11.8. The minimum atomic E-state index is -0.246. The molecule has 108 valence electrons. The molecule has 1 atom stereocenters. The lowest BCUT2D eigenvalue weighted by Gasteiger charge is -2.13. The first kappa shape index (κ1) is 14.6. The zero-order chi connectivity index (χ0) is 15.1. The highest BCUT2D eigenvalue weighted by Gasteiger charge is 2.17. The van der Waals surface area contributed by atoms with E-state index in [1.165, 1.54) is 6.20 Å². The van der Waals surface area contributed by atoms with Crippen molar-refractivity contribution in [2.45, 2.75) is 25.8 Å². The fourth-order valence-corrected chi connectivity index (χ4v) is 1.89. The third kappa shape index (κ3) is 3.83. The van der Waals surface area contributed by atoms with Gasteiger partial charge in [-0.3, -0.25) is 9.89 Å². The van der Waals surface area contributed by atoms with Crippen LogP contribution in [0.3, 0.4) is 0 Å². The Morgan fingerprint density at radius 3 is 2.86 bits per heavy atom. The molecule has 0 aliphatic carbocycles. The molecule has 1 heterocycles. The van der Waals surface area contributed by atoms with Crippen molar-refractivity contribution in [2.24, 2.45) is 0 Å². The molecule has 0 spiro atoms. The SMILES string of the molecule is CCC(CC#N)NC(=O)c1cn[nH]c1Nc1ccccc1. The van der Waals surface area contributed by atoms with E-state index in [1.54, 1.807) is 0 Å². The average Bonchev–Trinajstić information content (AvgIpc) is 2.96. The van der Waals surface area contributed by atoms with Crippen LogP contribution < -0.4 is 10.6 Å². The first-order valence-electron chi connectivity index (χ1n) is 6.77. The summed E-state index contributed by atoms with van der Waals surface area (Å²) in [7, 11) is 0. The number of H-pyrrole nitrogens is 1. The molecule has 2 rings (SSSR count). The average molecular weight is 283 g/mol. The summed E-state index contributed by atoms with van der Waals surface area (Å²) in [5, 5.41) is 21.4. The molecule has 3 N–H and O–H groups in total. The molecule has 0 saturated carbocycles. The third-order valence-electron chi connectivity index (χ3n) is 3.09. The lowest BCUT2D eigenvalue weighted by Crippen LogP contribution is -2.34. The zero-order valence-corrected chi connectivity index (χ0v) is 11.8. The Bertz CT molecular complexity index is 629. The second-order valence-electron chi connectivity index (χ2n) is 4.59. The molecule has 1 amide bonds. The molecular weight excluding hydrogens is 266 g/mol. The lowest BCUT2D eigenvalue weighted by atomic mass is 10.1. The van der Waals surface area contributed by atoms with Gasteiger partial charge in [0.2, 0.25) is 0 Å². The van der Waals surface area contributed by atoms with Gasteiger partial charge in [-0.15, -0.1) is 0 Å². The molecule has 1 aromatic carbocycles. The monoisotopic (exact) mass is 283 g/mol. The summed E-state index contributed by atoms with van der Waals surface area (Å²) in [4.78, 5) is 12.2. The Kier molecular flexibility index (Phi) is 4.94. The number of aromatic nitrogens is 2. The second-order valence-corrected chi connectivity index (χ2v) is 4.59. The van der Waals surface area contributed by atoms with Gasteiger partial charge in [-0.05, 0) is 18.6 Å². The standard InChI is InChI=1S/C15H17N5O/c1-2-11(8-9-16)19-15(21)13-10-17-20-14(13)18-12-6-4-3-5-7-12/h3-7,10-11H,2,8H2,1H3,(H,19,21)(H2,17,18,20). The van der Waals surface area contributed by atoms with Crippen LogP contribution in [0.1, 0.15) is 30.1 Å². The van der Waals surface area contributed by atoms with Crippen LogP contribution in [0.5, 0.6) is 0 Å². The van der Waals surface area contributed by atoms with Crippen LogP contribution in [0.4, 0.5) is 11.5 Å². The quantitative estimate of drug-likeness (QED) is 0.759. The van der Waals surface area contributed by atoms with Crippen molar-refractivity contribution in [2.75, 3.05) is 5.32 Å². The molecule has 0 bridgehead atoms. The number of carbonyl (C=O) groups excluding carboxylic acids is 1. The second kappa shape index (κ2) is 7.10. The summed E-state index contributed by atoms with van der Waals surface area (Å²) in [6, 6.07) is 11.4. The molecule has 0 fully saturated rings. The van der Waals surface area contributed by atoms with E-state index in [0.29, 0.717) is 24.2 Å². The van der Waals surface area contributed by atoms with Crippen molar-refractivity contribution in [1.82, 2.24) is 15.5 Å². The number of nitrogens with zero attached hydrogens (tertiary/aromatic N) is 2. The number of hydrogen-bond donors (Lipinski definition) is 3. The molecular formula is C15H17N5O. The number of amides is 1. The van der Waals surface area contributed by atoms with Crippen LogP contribution in [0.15, 0.2) is 36.5 Å². The van der Waals surface area contributed by atoms with Crippen molar-refractivity contribution < 1.29 is 4.79 Å². The fourth-order valence-electron chi connectivity index (χ4n) is 1.89. The maximum absolute atomic E-state index is 12.2. The number of nitrogens with one attached hydrogen (secondary N) is 3. The van der Waals surface area contributed by atoms with E-state index < -0.39 is 0 Å². The van der Waals surface area contributed by atoms with E-state index in [1.807, 2.05) is 37.3 Å². The molecule has 0 radical (unpaired) electrons. The molecule has 0 saturated heterocycles. The normalized spacial score (nSPS) is 11.4. The summed E-state index contributed by atoms with van der Waals surface area (Å²) in [6.07, 6.45) is 2.47. The van der Waals surface area contributed by atoms with Gasteiger partial charge >= 0.3 is 0 Å². The molecule has 2 aromatic rings. The Morgan fingerprint density at radius 1 is 1.43 bits per heavy atom. The van der Waals surface area contributed by atoms with Crippen LogP contribution >= 0.6 is 0 Å². The predicted octanol–water partition coefficient (Wildman–Crippen LogP) is 2.58. The third-order valence-corrected chi connectivity index (χ3v) is 3.09. The molecule has 6 heteroatoms. The van der Waals surface area contributed by atoms with Gasteiger partial charge in [0.05, 0.1) is 18.7 Å². The molecule has 6 nitrogen and oxygen atoms in total. The molecule has 1 unspecified atom stereocenters. The molecule has 21 heavy (non-hydrogen) atoms. The predicted molar refractivity (Wildman–Crippen MR) is 80.1 cm³/mol. The Labute approximate surface area is 123 Å². The highest BCUT2D eigenvalue weighted by atomic mass is 16.1. The van der Waals surface area contributed by atoms with Gasteiger partial charge in [0.1, 0.15) is 11.4 Å². The van der Waals surface area contributed by atoms with E-state index in [0.717, 1.165) is 5.69 Å². The van der Waals surface area contributed by atoms with Crippen molar-refractivity contribution in [3.8, 4) is 6.07 Å². The van der Waals surface area contributed by atoms with Crippen LogP contribution in [0.2, 0.25) is 0 Å². The minimum absolute atomic E-state index is 0.151. The summed E-state index contributed by atoms with van der Waals surface area (Å²) < 4.78 is 0. The number of aromatic amines is 1. The largest absolute Gasteiger partial charge is 0.348 e. The highest BCUT2D eigenvalue weighted by molar-refractivity contribution is 5.99. The van der Waals surface area contributed by atoms with E-state index in [9.17, 15) is 4.79 Å². The lowest BCUT2D eigenvalue weighted by molar-refractivity contribution is 0.0937. The number of benzene rings is 1. The van der Waals surface area contributed by atoms with Gasteiger partial charge < -0.3 is 10.6 Å². The summed E-state index contributed by atoms with van der Waals surface area (Å²) >= 11 is 0. The van der Waals surface area contributed by atoms with E-state index >= 15 is 0 Å². The summed E-state index contributed by atoms with van der Waals surface area (Å²) in [5.74, 6) is 0.287. The van der Waals surface area contributed by atoms with Crippen molar-refractivity contribution in [1.29, 1.82) is 5.26 Å². The van der Waals surface area contributed by atoms with E-state index in [2.05, 4.69) is 26.9 Å². The number of rotatable bonds is 6. The van der Waals surface area contributed by atoms with Gasteiger partial charge in [-0.2, -0.15) is 10.4 Å². The fraction of sp³-hybridized carbons (Fsp3) is 0.267. The minimum Gasteiger partial charge on any atom is -0.348 e. The Balaban J connectivity index is 2.09. The molecule has 1 aromatic heterocycles. The Morgan fingerprint density at radius 2 is 2.19 bits per heavy atom. The van der Waals surface area contributed by atoms with Crippen molar-refractivity contribution >= 4 is 17.4 Å². The van der Waals surface area contributed by atoms with Crippen LogP contribution in [-0.2, 0) is 0 Å². The maximum atomic E-state index is 12.2. The smallest absolute Gasteiger partial charge is 0.256 e. The first-order chi connectivity index (χ1) is 10.2. The van der Waals surface area contributed by atoms with Gasteiger partial charge in [0, 0.05) is 11.7 Å². The molecule has 0 aliphatic heterocycles. The summed E-state index contributed by atoms with van der Waals surface area (Å²) in [5.41, 5.74) is 1.29. The van der Waals surface area contributed by atoms with Crippen molar-refractivity contribution in [3.63, 3.8) is 0 Å². The number of hydrogen-bond acceptors (Lipinski definition) is 4. The topological polar surface area (TPSA) is 93.6 Å². The van der Waals surface area contributed by atoms with E-state index in [-0.39, 0.29) is 11.9 Å². The number of nitriles is 1. The maximum Gasteiger partial charge on any atom is 0.256 e. The van der Waals surface area contributed by atoms with Crippen LogP contribution in [-0.4, -0.2) is 22.1 Å². The number of para-hydroxylation sites is 1. The van der Waals surface area contributed by atoms with Crippen molar-refractivity contribution in [3.05, 3.63) is 42.1 Å². The van der Waals surface area contributed by atoms with Gasteiger partial charge in [0.15, 0.2) is 0 Å². The summed E-state index contributed by atoms with van der Waals surface area (Å²) in [6.45, 7) is 1.93. The highest BCUT2D eigenvalue weighted by Crippen LogP contribution is 2.18.